The molecule has 1 heterocycles. The highest BCUT2D eigenvalue weighted by atomic mass is 79.9. The molecule has 0 radical (unpaired) electrons. The van der Waals surface area contributed by atoms with Gasteiger partial charge in [-0.1, -0.05) is 61.0 Å². The van der Waals surface area contributed by atoms with Crippen LogP contribution >= 0.6 is 15.9 Å². The summed E-state index contributed by atoms with van der Waals surface area (Å²) in [6.45, 7) is 8.45. The van der Waals surface area contributed by atoms with E-state index in [0.717, 1.165) is 21.3 Å². The van der Waals surface area contributed by atoms with Crippen molar-refractivity contribution in [3.63, 3.8) is 0 Å². The van der Waals surface area contributed by atoms with E-state index in [0.29, 0.717) is 6.54 Å². The van der Waals surface area contributed by atoms with Crippen LogP contribution in [0.25, 0.3) is 11.0 Å². The first kappa shape index (κ1) is 18.6. The van der Waals surface area contributed by atoms with Gasteiger partial charge in [0.15, 0.2) is 0 Å². The molecule has 1 atom stereocenters. The summed E-state index contributed by atoms with van der Waals surface area (Å²) in [6.07, 6.45) is 0. The second-order valence-electron chi connectivity index (χ2n) is 7.62. The van der Waals surface area contributed by atoms with E-state index in [1.807, 2.05) is 58.0 Å². The molecule has 0 aliphatic heterocycles. The molecule has 1 aromatic heterocycles. The molecule has 136 valence electrons. The zero-order valence-electron chi connectivity index (χ0n) is 15.6. The summed E-state index contributed by atoms with van der Waals surface area (Å²) in [7, 11) is 0. The fourth-order valence-electron chi connectivity index (χ4n) is 2.84. The van der Waals surface area contributed by atoms with Gasteiger partial charge in [-0.05, 0) is 36.8 Å². The van der Waals surface area contributed by atoms with Gasteiger partial charge in [0.25, 0.3) is 0 Å². The number of halogens is 1. The molecule has 3 aromatic rings. The number of rotatable bonds is 4. The van der Waals surface area contributed by atoms with Crippen molar-refractivity contribution in [2.75, 3.05) is 0 Å². The van der Waals surface area contributed by atoms with E-state index >= 15 is 0 Å². The largest absolute Gasteiger partial charge is 0.346 e. The number of imidazole rings is 1. The molecule has 0 aliphatic carbocycles. The minimum atomic E-state index is -0.434. The number of carbonyl (C=O) groups is 1. The zero-order chi connectivity index (χ0) is 18.9. The Labute approximate surface area is 162 Å². The first-order valence-electron chi connectivity index (χ1n) is 8.76. The maximum atomic E-state index is 12.4. The van der Waals surface area contributed by atoms with Crippen molar-refractivity contribution in [2.24, 2.45) is 5.41 Å². The average molecular weight is 414 g/mol. The third-order valence-corrected chi connectivity index (χ3v) is 4.88. The number of carbonyl (C=O) groups excluding carboxylic acids is 1. The SMILES string of the molecule is CC(NC(=O)C(C)(C)C)c1nc2ccccc2n1Cc1ccc(Br)cc1. The summed E-state index contributed by atoms with van der Waals surface area (Å²) in [5, 5.41) is 3.10. The smallest absolute Gasteiger partial charge is 0.225 e. The summed E-state index contributed by atoms with van der Waals surface area (Å²) < 4.78 is 3.24. The van der Waals surface area contributed by atoms with E-state index in [4.69, 9.17) is 4.98 Å². The van der Waals surface area contributed by atoms with Crippen LogP contribution in [0.5, 0.6) is 0 Å². The van der Waals surface area contributed by atoms with Crippen LogP contribution in [0.1, 0.15) is 45.1 Å². The van der Waals surface area contributed by atoms with Gasteiger partial charge >= 0.3 is 0 Å². The van der Waals surface area contributed by atoms with E-state index in [2.05, 4.69) is 44.0 Å². The van der Waals surface area contributed by atoms with Crippen LogP contribution in [0.4, 0.5) is 0 Å². The number of benzene rings is 2. The van der Waals surface area contributed by atoms with Gasteiger partial charge in [0.05, 0.1) is 17.1 Å². The molecule has 0 fully saturated rings. The minimum Gasteiger partial charge on any atom is -0.346 e. The van der Waals surface area contributed by atoms with E-state index in [1.165, 1.54) is 5.56 Å². The number of nitrogens with zero attached hydrogens (tertiary/aromatic N) is 2. The van der Waals surface area contributed by atoms with Crippen molar-refractivity contribution < 1.29 is 4.79 Å². The standard InChI is InChI=1S/C21H24BrN3O/c1-14(23-20(26)21(2,3)4)19-24-17-7-5-6-8-18(17)25(19)13-15-9-11-16(22)12-10-15/h5-12,14H,13H2,1-4H3,(H,23,26). The molecule has 0 saturated heterocycles. The molecule has 3 rings (SSSR count). The van der Waals surface area contributed by atoms with Gasteiger partial charge in [0.1, 0.15) is 5.82 Å². The van der Waals surface area contributed by atoms with Crippen LogP contribution in [-0.4, -0.2) is 15.5 Å². The van der Waals surface area contributed by atoms with E-state index < -0.39 is 5.41 Å². The monoisotopic (exact) mass is 413 g/mol. The molecular weight excluding hydrogens is 390 g/mol. The number of hydrogen-bond donors (Lipinski definition) is 1. The molecule has 0 aliphatic rings. The molecule has 1 unspecified atom stereocenters. The number of hydrogen-bond acceptors (Lipinski definition) is 2. The minimum absolute atomic E-state index is 0.0206. The number of fused-ring (bicyclic) bond motifs is 1. The summed E-state index contributed by atoms with van der Waals surface area (Å²) >= 11 is 3.48. The molecule has 26 heavy (non-hydrogen) atoms. The zero-order valence-corrected chi connectivity index (χ0v) is 17.2. The van der Waals surface area contributed by atoms with Gasteiger partial charge in [-0.25, -0.2) is 4.98 Å². The van der Waals surface area contributed by atoms with Crippen LogP contribution in [-0.2, 0) is 11.3 Å². The Hall–Kier alpha value is -2.14. The Kier molecular flexibility index (Phi) is 5.19. The van der Waals surface area contributed by atoms with Crippen molar-refractivity contribution in [1.29, 1.82) is 0 Å². The van der Waals surface area contributed by atoms with Crippen LogP contribution in [0.15, 0.2) is 53.0 Å². The molecule has 1 N–H and O–H groups in total. The first-order chi connectivity index (χ1) is 12.3. The lowest BCUT2D eigenvalue weighted by molar-refractivity contribution is -0.129. The Balaban J connectivity index is 1.99. The van der Waals surface area contributed by atoms with Crippen LogP contribution in [0.2, 0.25) is 0 Å². The molecule has 0 bridgehead atoms. The van der Waals surface area contributed by atoms with Crippen molar-refractivity contribution in [3.05, 3.63) is 64.4 Å². The molecule has 5 heteroatoms. The quantitative estimate of drug-likeness (QED) is 0.648. The first-order valence-corrected chi connectivity index (χ1v) is 9.55. The van der Waals surface area contributed by atoms with E-state index in [-0.39, 0.29) is 11.9 Å². The summed E-state index contributed by atoms with van der Waals surface area (Å²) in [5.41, 5.74) is 2.77. The van der Waals surface area contributed by atoms with Gasteiger partial charge in [-0.15, -0.1) is 0 Å². The maximum absolute atomic E-state index is 12.4. The third-order valence-electron chi connectivity index (χ3n) is 4.35. The number of para-hydroxylation sites is 2. The fraction of sp³-hybridized carbons (Fsp3) is 0.333. The fourth-order valence-corrected chi connectivity index (χ4v) is 3.11. The molecule has 0 saturated carbocycles. The van der Waals surface area contributed by atoms with Crippen molar-refractivity contribution >= 4 is 32.9 Å². The Morgan fingerprint density at radius 3 is 2.46 bits per heavy atom. The highest BCUT2D eigenvalue weighted by molar-refractivity contribution is 9.10. The van der Waals surface area contributed by atoms with Gasteiger partial charge in [-0.2, -0.15) is 0 Å². The molecule has 2 aromatic carbocycles. The second kappa shape index (κ2) is 7.23. The summed E-state index contributed by atoms with van der Waals surface area (Å²) in [4.78, 5) is 17.2. The number of amides is 1. The lowest BCUT2D eigenvalue weighted by Gasteiger charge is -2.22. The van der Waals surface area contributed by atoms with Crippen LogP contribution in [0, 0.1) is 5.41 Å². The van der Waals surface area contributed by atoms with Gasteiger partial charge < -0.3 is 9.88 Å². The predicted octanol–water partition coefficient (Wildman–Crippen LogP) is 5.07. The topological polar surface area (TPSA) is 46.9 Å². The summed E-state index contributed by atoms with van der Waals surface area (Å²) in [6, 6.07) is 16.2. The molecular formula is C21H24BrN3O. The number of nitrogens with one attached hydrogen (secondary N) is 1. The average Bonchev–Trinajstić information content (AvgIpc) is 2.95. The van der Waals surface area contributed by atoms with Crippen LogP contribution < -0.4 is 5.32 Å². The van der Waals surface area contributed by atoms with E-state index in [9.17, 15) is 4.79 Å². The van der Waals surface area contributed by atoms with Crippen molar-refractivity contribution in [2.45, 2.75) is 40.3 Å². The normalized spacial score (nSPS) is 13.0. The third kappa shape index (κ3) is 3.98. The predicted molar refractivity (Wildman–Crippen MR) is 109 cm³/mol. The lowest BCUT2D eigenvalue weighted by atomic mass is 9.95. The second-order valence-corrected chi connectivity index (χ2v) is 8.53. The van der Waals surface area contributed by atoms with Crippen molar-refractivity contribution in [1.82, 2.24) is 14.9 Å². The summed E-state index contributed by atoms with van der Waals surface area (Å²) in [5.74, 6) is 0.888. The van der Waals surface area contributed by atoms with Gasteiger partial charge in [0, 0.05) is 16.4 Å². The van der Waals surface area contributed by atoms with Gasteiger partial charge in [-0.3, -0.25) is 4.79 Å². The highest BCUT2D eigenvalue weighted by Crippen LogP contribution is 2.24. The van der Waals surface area contributed by atoms with Crippen LogP contribution in [0.3, 0.4) is 0 Å². The Bertz CT molecular complexity index is 923. The van der Waals surface area contributed by atoms with Crippen molar-refractivity contribution in [3.8, 4) is 0 Å². The van der Waals surface area contributed by atoms with Gasteiger partial charge in [0.2, 0.25) is 5.91 Å². The van der Waals surface area contributed by atoms with E-state index in [1.54, 1.807) is 0 Å². The number of aromatic nitrogens is 2. The highest BCUT2D eigenvalue weighted by Gasteiger charge is 2.25. The molecule has 1 amide bonds. The molecule has 0 spiro atoms. The Morgan fingerprint density at radius 2 is 1.81 bits per heavy atom. The Morgan fingerprint density at radius 1 is 1.15 bits per heavy atom. The molecule has 4 nitrogen and oxygen atoms in total. The maximum Gasteiger partial charge on any atom is 0.225 e. The lowest BCUT2D eigenvalue weighted by Crippen LogP contribution is -2.37.